The SMILES string of the molecule is C=C(C)C[C@H](N)c1c(F)ccc(F)c1F.Cl. The summed E-state index contributed by atoms with van der Waals surface area (Å²) in [5.74, 6) is -3.14. The van der Waals surface area contributed by atoms with Crippen molar-refractivity contribution in [1.82, 2.24) is 0 Å². The van der Waals surface area contributed by atoms with Gasteiger partial charge in [0.25, 0.3) is 0 Å². The van der Waals surface area contributed by atoms with Crippen LogP contribution < -0.4 is 5.73 Å². The second kappa shape index (κ2) is 5.92. The van der Waals surface area contributed by atoms with E-state index in [1.807, 2.05) is 0 Å². The Morgan fingerprint density at radius 3 is 2.31 bits per heavy atom. The summed E-state index contributed by atoms with van der Waals surface area (Å²) in [5.41, 5.74) is 5.83. The average Bonchev–Trinajstić information content (AvgIpc) is 2.11. The molecule has 1 nitrogen and oxygen atoms in total. The summed E-state index contributed by atoms with van der Waals surface area (Å²) in [4.78, 5) is 0. The van der Waals surface area contributed by atoms with Gasteiger partial charge in [-0.25, -0.2) is 13.2 Å². The van der Waals surface area contributed by atoms with Crippen LogP contribution in [-0.2, 0) is 0 Å². The van der Waals surface area contributed by atoms with E-state index < -0.39 is 29.1 Å². The van der Waals surface area contributed by atoms with Crippen molar-refractivity contribution in [3.05, 3.63) is 47.3 Å². The van der Waals surface area contributed by atoms with Crippen molar-refractivity contribution in [2.75, 3.05) is 0 Å². The molecule has 2 N–H and O–H groups in total. The Labute approximate surface area is 98.6 Å². The van der Waals surface area contributed by atoms with Crippen LogP contribution in [0.1, 0.15) is 24.9 Å². The highest BCUT2D eigenvalue weighted by atomic mass is 35.5. The summed E-state index contributed by atoms with van der Waals surface area (Å²) in [6.07, 6.45) is 0.220. The lowest BCUT2D eigenvalue weighted by Crippen LogP contribution is -2.15. The molecule has 0 aliphatic heterocycles. The minimum absolute atomic E-state index is 0. The van der Waals surface area contributed by atoms with Crippen LogP contribution in [0.25, 0.3) is 0 Å². The van der Waals surface area contributed by atoms with Gasteiger partial charge in [-0.3, -0.25) is 0 Å². The van der Waals surface area contributed by atoms with Gasteiger partial charge in [-0.15, -0.1) is 19.0 Å². The second-order valence-corrected chi connectivity index (χ2v) is 3.52. The molecule has 5 heteroatoms. The lowest BCUT2D eigenvalue weighted by molar-refractivity contribution is 0.464. The van der Waals surface area contributed by atoms with Crippen LogP contribution in [0.3, 0.4) is 0 Å². The van der Waals surface area contributed by atoms with E-state index in [-0.39, 0.29) is 18.8 Å². The van der Waals surface area contributed by atoms with Crippen molar-refractivity contribution in [2.24, 2.45) is 5.73 Å². The van der Waals surface area contributed by atoms with E-state index in [4.69, 9.17) is 5.73 Å². The summed E-state index contributed by atoms with van der Waals surface area (Å²) in [5, 5.41) is 0. The lowest BCUT2D eigenvalue weighted by Gasteiger charge is -2.13. The molecule has 0 saturated heterocycles. The van der Waals surface area contributed by atoms with Crippen molar-refractivity contribution in [3.63, 3.8) is 0 Å². The van der Waals surface area contributed by atoms with Gasteiger partial charge in [0, 0.05) is 11.6 Å². The van der Waals surface area contributed by atoms with Crippen LogP contribution in [0.2, 0.25) is 0 Å². The van der Waals surface area contributed by atoms with E-state index in [0.717, 1.165) is 12.1 Å². The highest BCUT2D eigenvalue weighted by molar-refractivity contribution is 5.85. The van der Waals surface area contributed by atoms with E-state index in [9.17, 15) is 13.2 Å². The van der Waals surface area contributed by atoms with Gasteiger partial charge in [-0.05, 0) is 25.5 Å². The first-order valence-electron chi connectivity index (χ1n) is 4.46. The summed E-state index contributed by atoms with van der Waals surface area (Å²) < 4.78 is 39.3. The zero-order valence-electron chi connectivity index (χ0n) is 8.77. The average molecular weight is 252 g/mol. The molecule has 0 radical (unpaired) electrons. The number of rotatable bonds is 3. The van der Waals surface area contributed by atoms with E-state index in [0.29, 0.717) is 5.57 Å². The summed E-state index contributed by atoms with van der Waals surface area (Å²) in [7, 11) is 0. The van der Waals surface area contributed by atoms with Crippen LogP contribution >= 0.6 is 12.4 Å². The van der Waals surface area contributed by atoms with Crippen molar-refractivity contribution >= 4 is 12.4 Å². The van der Waals surface area contributed by atoms with Crippen LogP contribution in [0, 0.1) is 17.5 Å². The molecule has 0 aliphatic carbocycles. The largest absolute Gasteiger partial charge is 0.324 e. The molecule has 0 amide bonds. The van der Waals surface area contributed by atoms with Gasteiger partial charge >= 0.3 is 0 Å². The molecule has 0 fully saturated rings. The molecule has 0 bridgehead atoms. The molecular formula is C11H13ClF3N. The Morgan fingerprint density at radius 2 is 1.81 bits per heavy atom. The lowest BCUT2D eigenvalue weighted by atomic mass is 10.00. The van der Waals surface area contributed by atoms with Gasteiger partial charge in [-0.2, -0.15) is 0 Å². The molecule has 1 aromatic carbocycles. The molecular weight excluding hydrogens is 239 g/mol. The molecule has 0 spiro atoms. The first kappa shape index (κ1) is 15.0. The Kier molecular flexibility index (Phi) is 5.55. The Balaban J connectivity index is 0.00000225. The topological polar surface area (TPSA) is 26.0 Å². The van der Waals surface area contributed by atoms with Gasteiger partial charge in [-0.1, -0.05) is 5.57 Å². The molecule has 1 aromatic rings. The highest BCUT2D eigenvalue weighted by Gasteiger charge is 2.19. The van der Waals surface area contributed by atoms with Crippen LogP contribution in [0.15, 0.2) is 24.3 Å². The molecule has 1 rings (SSSR count). The zero-order valence-corrected chi connectivity index (χ0v) is 9.58. The Hall–Kier alpha value is -1.00. The molecule has 16 heavy (non-hydrogen) atoms. The second-order valence-electron chi connectivity index (χ2n) is 3.52. The fourth-order valence-corrected chi connectivity index (χ4v) is 1.36. The first-order valence-corrected chi connectivity index (χ1v) is 4.46. The predicted molar refractivity (Wildman–Crippen MR) is 59.9 cm³/mol. The molecule has 0 aliphatic rings. The van der Waals surface area contributed by atoms with Gasteiger partial charge in [0.15, 0.2) is 11.6 Å². The van der Waals surface area contributed by atoms with E-state index in [1.165, 1.54) is 0 Å². The quantitative estimate of drug-likeness (QED) is 0.646. The Bertz CT molecular complexity index is 393. The summed E-state index contributed by atoms with van der Waals surface area (Å²) >= 11 is 0. The minimum atomic E-state index is -1.22. The van der Waals surface area contributed by atoms with Gasteiger partial charge in [0.05, 0.1) is 0 Å². The maximum Gasteiger partial charge on any atom is 0.166 e. The van der Waals surface area contributed by atoms with E-state index in [2.05, 4.69) is 6.58 Å². The minimum Gasteiger partial charge on any atom is -0.324 e. The first-order chi connectivity index (χ1) is 6.93. The molecule has 0 unspecified atom stereocenters. The van der Waals surface area contributed by atoms with Crippen molar-refractivity contribution in [2.45, 2.75) is 19.4 Å². The van der Waals surface area contributed by atoms with Crippen LogP contribution in [0.4, 0.5) is 13.2 Å². The summed E-state index contributed by atoms with van der Waals surface area (Å²) in [6, 6.07) is 0.700. The standard InChI is InChI=1S/C11H12F3N.ClH/c1-6(2)5-9(15)10-7(12)3-4-8(13)11(10)14;/h3-4,9H,1,5,15H2,2H3;1H/t9-;/m0./s1. The maximum atomic E-state index is 13.2. The third-order valence-electron chi connectivity index (χ3n) is 2.02. The number of hydrogen-bond donors (Lipinski definition) is 1. The fourth-order valence-electron chi connectivity index (χ4n) is 1.36. The van der Waals surface area contributed by atoms with Crippen molar-refractivity contribution < 1.29 is 13.2 Å². The highest BCUT2D eigenvalue weighted by Crippen LogP contribution is 2.25. The fraction of sp³-hybridized carbons (Fsp3) is 0.273. The smallest absolute Gasteiger partial charge is 0.166 e. The number of halogens is 4. The number of nitrogens with two attached hydrogens (primary N) is 1. The number of hydrogen-bond acceptors (Lipinski definition) is 1. The van der Waals surface area contributed by atoms with Crippen molar-refractivity contribution in [1.29, 1.82) is 0 Å². The monoisotopic (exact) mass is 251 g/mol. The summed E-state index contributed by atoms with van der Waals surface area (Å²) in [6.45, 7) is 5.27. The third kappa shape index (κ3) is 3.25. The third-order valence-corrected chi connectivity index (χ3v) is 2.02. The number of benzene rings is 1. The van der Waals surface area contributed by atoms with Crippen LogP contribution in [0.5, 0.6) is 0 Å². The van der Waals surface area contributed by atoms with E-state index >= 15 is 0 Å². The maximum absolute atomic E-state index is 13.2. The molecule has 0 aromatic heterocycles. The Morgan fingerprint density at radius 1 is 1.31 bits per heavy atom. The van der Waals surface area contributed by atoms with Gasteiger partial charge in [0.2, 0.25) is 0 Å². The molecule has 0 saturated carbocycles. The van der Waals surface area contributed by atoms with Crippen molar-refractivity contribution in [3.8, 4) is 0 Å². The molecule has 1 atom stereocenters. The normalized spacial score (nSPS) is 11.8. The van der Waals surface area contributed by atoms with Gasteiger partial charge in [0.1, 0.15) is 5.82 Å². The van der Waals surface area contributed by atoms with E-state index in [1.54, 1.807) is 6.92 Å². The van der Waals surface area contributed by atoms with Gasteiger partial charge < -0.3 is 5.73 Å². The molecule has 90 valence electrons. The predicted octanol–water partition coefficient (Wildman–Crippen LogP) is 3.49. The molecule has 0 heterocycles. The van der Waals surface area contributed by atoms with Crippen LogP contribution in [-0.4, -0.2) is 0 Å². The zero-order chi connectivity index (χ0) is 11.6.